The molecule has 0 saturated carbocycles. The van der Waals surface area contributed by atoms with Gasteiger partial charge in [-0.25, -0.2) is 14.3 Å². The number of aryl methyl sites for hydroxylation is 2. The monoisotopic (exact) mass is 453 g/mol. The largest absolute Gasteiger partial charge is 0.465 e. The van der Waals surface area contributed by atoms with E-state index < -0.39 is 11.9 Å². The van der Waals surface area contributed by atoms with Crippen molar-refractivity contribution in [3.05, 3.63) is 83.0 Å². The number of ether oxygens (including phenoxy) is 2. The number of benzene rings is 3. The van der Waals surface area contributed by atoms with Gasteiger partial charge >= 0.3 is 11.9 Å². The fraction of sp³-hybridized carbons (Fsp3) is 0.148. The first-order chi connectivity index (χ1) is 16.5. The number of H-pyrrole nitrogens is 1. The first kappa shape index (κ1) is 21.5. The van der Waals surface area contributed by atoms with Crippen LogP contribution in [-0.4, -0.2) is 40.9 Å². The molecule has 34 heavy (non-hydrogen) atoms. The van der Waals surface area contributed by atoms with Crippen LogP contribution in [0, 0.1) is 13.8 Å². The highest BCUT2D eigenvalue weighted by atomic mass is 16.5. The third kappa shape index (κ3) is 3.16. The fourth-order valence-corrected chi connectivity index (χ4v) is 4.55. The molecule has 2 heterocycles. The van der Waals surface area contributed by atoms with Crippen molar-refractivity contribution in [2.24, 2.45) is 0 Å². The molecule has 170 valence electrons. The van der Waals surface area contributed by atoms with Crippen molar-refractivity contribution in [1.29, 1.82) is 0 Å². The number of hydrogen-bond donors (Lipinski definition) is 1. The van der Waals surface area contributed by atoms with Crippen LogP contribution >= 0.6 is 0 Å². The second-order valence-electron chi connectivity index (χ2n) is 8.09. The molecular weight excluding hydrogens is 430 g/mol. The van der Waals surface area contributed by atoms with E-state index in [1.165, 1.54) is 18.9 Å². The molecule has 7 heteroatoms. The van der Waals surface area contributed by atoms with Gasteiger partial charge in [0.1, 0.15) is 11.3 Å². The molecule has 0 radical (unpaired) electrons. The zero-order chi connectivity index (χ0) is 24.0. The third-order valence-electron chi connectivity index (χ3n) is 6.15. The number of methoxy groups -OCH3 is 2. The second-order valence-corrected chi connectivity index (χ2v) is 8.09. The quantitative estimate of drug-likeness (QED) is 0.370. The summed E-state index contributed by atoms with van der Waals surface area (Å²) in [6.45, 7) is 4.01. The average Bonchev–Trinajstić information content (AvgIpc) is 3.46. The standard InChI is InChI=1S/C27H23N3O4/c1-15-14-19(16(2)21-18-12-8-9-13-20(18)28-23(15)21)24-22(26(31)33-3)25(27(32)34-4)30(29-24)17-10-6-5-7-11-17/h5-14,28H,1-4H3. The number of carbonyl (C=O) groups is 2. The van der Waals surface area contributed by atoms with Crippen LogP contribution in [0.1, 0.15) is 32.0 Å². The van der Waals surface area contributed by atoms with Gasteiger partial charge in [0.15, 0.2) is 5.69 Å². The smallest absolute Gasteiger partial charge is 0.357 e. The Hall–Kier alpha value is -4.39. The van der Waals surface area contributed by atoms with E-state index in [2.05, 4.69) is 11.1 Å². The van der Waals surface area contributed by atoms with Crippen molar-refractivity contribution < 1.29 is 19.1 Å². The van der Waals surface area contributed by atoms with Crippen molar-refractivity contribution in [3.63, 3.8) is 0 Å². The Balaban J connectivity index is 1.90. The summed E-state index contributed by atoms with van der Waals surface area (Å²) in [5, 5.41) is 6.90. The molecule has 1 N–H and O–H groups in total. The first-order valence-corrected chi connectivity index (χ1v) is 10.8. The Morgan fingerprint density at radius 3 is 2.29 bits per heavy atom. The minimum atomic E-state index is -0.675. The summed E-state index contributed by atoms with van der Waals surface area (Å²) in [7, 11) is 2.56. The number of nitrogens with one attached hydrogen (secondary N) is 1. The van der Waals surface area contributed by atoms with Crippen LogP contribution in [0.2, 0.25) is 0 Å². The van der Waals surface area contributed by atoms with Crippen LogP contribution in [0.5, 0.6) is 0 Å². The number of aromatic nitrogens is 3. The van der Waals surface area contributed by atoms with E-state index in [1.54, 1.807) is 0 Å². The van der Waals surface area contributed by atoms with Crippen molar-refractivity contribution >= 4 is 33.7 Å². The van der Waals surface area contributed by atoms with E-state index in [1.807, 2.05) is 68.4 Å². The van der Waals surface area contributed by atoms with Gasteiger partial charge in [0, 0.05) is 27.4 Å². The Kier molecular flexibility index (Phi) is 5.17. The number of esters is 2. The maximum Gasteiger partial charge on any atom is 0.357 e. The lowest BCUT2D eigenvalue weighted by molar-refractivity contribution is 0.0549. The molecule has 0 fully saturated rings. The minimum absolute atomic E-state index is 0.0200. The zero-order valence-corrected chi connectivity index (χ0v) is 19.3. The van der Waals surface area contributed by atoms with Crippen LogP contribution in [0.3, 0.4) is 0 Å². The lowest BCUT2D eigenvalue weighted by Gasteiger charge is -2.10. The van der Waals surface area contributed by atoms with Crippen LogP contribution in [0.25, 0.3) is 38.8 Å². The van der Waals surface area contributed by atoms with Crippen molar-refractivity contribution in [2.45, 2.75) is 13.8 Å². The molecule has 2 aromatic heterocycles. The van der Waals surface area contributed by atoms with Crippen LogP contribution in [0.4, 0.5) is 0 Å². The predicted octanol–water partition coefficient (Wildman–Crippen LogP) is 5.36. The summed E-state index contributed by atoms with van der Waals surface area (Å²) < 4.78 is 11.6. The number of rotatable bonds is 4. The lowest BCUT2D eigenvalue weighted by atomic mass is 9.94. The molecule has 0 saturated heterocycles. The molecule has 0 amide bonds. The Morgan fingerprint density at radius 2 is 1.59 bits per heavy atom. The molecule has 5 rings (SSSR count). The number of nitrogens with zero attached hydrogens (tertiary/aromatic N) is 2. The van der Waals surface area contributed by atoms with Gasteiger partial charge in [0.05, 0.1) is 19.9 Å². The third-order valence-corrected chi connectivity index (χ3v) is 6.15. The van der Waals surface area contributed by atoms with Crippen LogP contribution < -0.4 is 0 Å². The maximum atomic E-state index is 13.0. The highest BCUT2D eigenvalue weighted by molar-refractivity contribution is 6.13. The summed E-state index contributed by atoms with van der Waals surface area (Å²) in [5.41, 5.74) is 5.82. The predicted molar refractivity (Wildman–Crippen MR) is 131 cm³/mol. The van der Waals surface area contributed by atoms with E-state index in [0.29, 0.717) is 11.4 Å². The van der Waals surface area contributed by atoms with Gasteiger partial charge in [-0.15, -0.1) is 0 Å². The van der Waals surface area contributed by atoms with Crippen LogP contribution in [0.15, 0.2) is 60.7 Å². The number of aromatic amines is 1. The lowest BCUT2D eigenvalue weighted by Crippen LogP contribution is -2.15. The van der Waals surface area contributed by atoms with Gasteiger partial charge in [-0.05, 0) is 49.2 Å². The van der Waals surface area contributed by atoms with Gasteiger partial charge in [0.2, 0.25) is 0 Å². The van der Waals surface area contributed by atoms with E-state index in [-0.39, 0.29) is 11.3 Å². The molecule has 7 nitrogen and oxygen atoms in total. The molecule has 0 atom stereocenters. The van der Waals surface area contributed by atoms with Gasteiger partial charge in [-0.1, -0.05) is 36.4 Å². The van der Waals surface area contributed by atoms with Gasteiger partial charge in [-0.3, -0.25) is 0 Å². The highest BCUT2D eigenvalue weighted by Crippen LogP contribution is 2.38. The molecule has 0 unspecified atom stereocenters. The van der Waals surface area contributed by atoms with Gasteiger partial charge < -0.3 is 14.5 Å². The average molecular weight is 453 g/mol. The Labute approximate surface area is 195 Å². The number of carbonyl (C=O) groups excluding carboxylic acids is 2. The summed E-state index contributed by atoms with van der Waals surface area (Å²) in [6, 6.07) is 19.2. The van der Waals surface area contributed by atoms with Crippen molar-refractivity contribution in [2.75, 3.05) is 14.2 Å². The number of fused-ring (bicyclic) bond motifs is 3. The summed E-state index contributed by atoms with van der Waals surface area (Å²) in [6.07, 6.45) is 0. The van der Waals surface area contributed by atoms with Gasteiger partial charge in [0.25, 0.3) is 0 Å². The fourth-order valence-electron chi connectivity index (χ4n) is 4.55. The molecule has 0 aliphatic rings. The Morgan fingerprint density at radius 1 is 0.912 bits per heavy atom. The van der Waals surface area contributed by atoms with E-state index >= 15 is 0 Å². The van der Waals surface area contributed by atoms with Crippen molar-refractivity contribution in [1.82, 2.24) is 14.8 Å². The topological polar surface area (TPSA) is 86.2 Å². The zero-order valence-electron chi connectivity index (χ0n) is 19.3. The van der Waals surface area contributed by atoms with Gasteiger partial charge in [-0.2, -0.15) is 5.10 Å². The second kappa shape index (κ2) is 8.19. The highest BCUT2D eigenvalue weighted by Gasteiger charge is 2.32. The molecule has 3 aromatic carbocycles. The number of para-hydroxylation sites is 2. The SMILES string of the molecule is COC(=O)c1c(-c2cc(C)c3[nH]c4ccccc4c3c2C)nn(-c2ccccc2)c1C(=O)OC. The van der Waals surface area contributed by atoms with Crippen molar-refractivity contribution in [3.8, 4) is 16.9 Å². The Bertz CT molecular complexity index is 1580. The first-order valence-electron chi connectivity index (χ1n) is 10.8. The molecular formula is C27H23N3O4. The molecule has 5 aromatic rings. The van der Waals surface area contributed by atoms with E-state index in [4.69, 9.17) is 14.6 Å². The van der Waals surface area contributed by atoms with Crippen LogP contribution in [-0.2, 0) is 9.47 Å². The minimum Gasteiger partial charge on any atom is -0.465 e. The maximum absolute atomic E-state index is 13.0. The normalized spacial score (nSPS) is 11.2. The summed E-state index contributed by atoms with van der Waals surface area (Å²) in [4.78, 5) is 29.4. The molecule has 0 aliphatic carbocycles. The summed E-state index contributed by atoms with van der Waals surface area (Å²) in [5.74, 6) is -1.33. The molecule has 0 spiro atoms. The molecule has 0 aliphatic heterocycles. The number of hydrogen-bond acceptors (Lipinski definition) is 5. The van der Waals surface area contributed by atoms with E-state index in [0.717, 1.165) is 38.5 Å². The van der Waals surface area contributed by atoms with E-state index in [9.17, 15) is 9.59 Å². The summed E-state index contributed by atoms with van der Waals surface area (Å²) >= 11 is 0. The molecule has 0 bridgehead atoms.